The molecule has 0 spiro atoms. The quantitative estimate of drug-likeness (QED) is 0.825. The van der Waals surface area contributed by atoms with E-state index in [0.717, 1.165) is 22.5 Å². The molecule has 2 heterocycles. The van der Waals surface area contributed by atoms with Gasteiger partial charge in [-0.3, -0.25) is 0 Å². The standard InChI is InChI=1S/C16H19N3O4S2/c1-25(22,23)18-13-7-8-19(16(20)21)14(13)9-12-10-24-15(17-12)11-5-3-2-4-6-11/h2-6,10,13-14,18H,7-9H2,1H3,(H,20,21)/t13-,14-/m0/s1. The fraction of sp³-hybridized carbons (Fsp3) is 0.375. The number of carboxylic acid groups (broad SMARTS) is 1. The maximum Gasteiger partial charge on any atom is 0.407 e. The lowest BCUT2D eigenvalue weighted by Crippen LogP contribution is -2.47. The molecule has 25 heavy (non-hydrogen) atoms. The molecule has 2 N–H and O–H groups in total. The van der Waals surface area contributed by atoms with E-state index in [1.54, 1.807) is 0 Å². The minimum atomic E-state index is -3.41. The largest absolute Gasteiger partial charge is 0.465 e. The maximum absolute atomic E-state index is 11.6. The second-order valence-corrected chi connectivity index (χ2v) is 8.68. The maximum atomic E-state index is 11.6. The van der Waals surface area contributed by atoms with Crippen LogP contribution in [0.1, 0.15) is 12.1 Å². The average molecular weight is 381 g/mol. The summed E-state index contributed by atoms with van der Waals surface area (Å²) in [5.41, 5.74) is 1.77. The summed E-state index contributed by atoms with van der Waals surface area (Å²) >= 11 is 1.49. The third-order valence-electron chi connectivity index (χ3n) is 4.15. The van der Waals surface area contributed by atoms with Gasteiger partial charge in [0, 0.05) is 30.0 Å². The Morgan fingerprint density at radius 1 is 1.40 bits per heavy atom. The zero-order valence-corrected chi connectivity index (χ0v) is 15.3. The van der Waals surface area contributed by atoms with E-state index < -0.39 is 28.2 Å². The first-order valence-electron chi connectivity index (χ1n) is 7.80. The molecule has 0 unspecified atom stereocenters. The van der Waals surface area contributed by atoms with Crippen LogP contribution in [0.3, 0.4) is 0 Å². The van der Waals surface area contributed by atoms with E-state index in [2.05, 4.69) is 9.71 Å². The Morgan fingerprint density at radius 3 is 2.76 bits per heavy atom. The molecule has 1 aliphatic rings. The summed E-state index contributed by atoms with van der Waals surface area (Å²) in [6.07, 6.45) is 0.883. The molecule has 1 aromatic carbocycles. The van der Waals surface area contributed by atoms with Gasteiger partial charge in [0.1, 0.15) is 5.01 Å². The Hall–Kier alpha value is -1.97. The van der Waals surface area contributed by atoms with Crippen molar-refractivity contribution in [2.75, 3.05) is 12.8 Å². The van der Waals surface area contributed by atoms with E-state index in [0.29, 0.717) is 19.4 Å². The molecule has 134 valence electrons. The van der Waals surface area contributed by atoms with Crippen molar-refractivity contribution in [3.8, 4) is 10.6 Å². The molecule has 0 aliphatic carbocycles. The number of carbonyl (C=O) groups is 1. The Kier molecular flexibility index (Phi) is 5.07. The number of amides is 1. The number of likely N-dealkylation sites (tertiary alicyclic amines) is 1. The molecule has 2 atom stereocenters. The summed E-state index contributed by atoms with van der Waals surface area (Å²) in [5, 5.41) is 12.2. The molecule has 1 aromatic heterocycles. The van der Waals surface area contributed by atoms with Crippen molar-refractivity contribution in [2.45, 2.75) is 24.9 Å². The number of hydrogen-bond donors (Lipinski definition) is 2. The van der Waals surface area contributed by atoms with E-state index in [9.17, 15) is 18.3 Å². The van der Waals surface area contributed by atoms with Gasteiger partial charge in [-0.1, -0.05) is 30.3 Å². The molecule has 1 amide bonds. The molecular formula is C16H19N3O4S2. The van der Waals surface area contributed by atoms with Crippen molar-refractivity contribution in [3.63, 3.8) is 0 Å². The van der Waals surface area contributed by atoms with Crippen LogP contribution in [0.25, 0.3) is 10.6 Å². The van der Waals surface area contributed by atoms with Crippen molar-refractivity contribution in [2.24, 2.45) is 0 Å². The molecular weight excluding hydrogens is 362 g/mol. The highest BCUT2D eigenvalue weighted by Crippen LogP contribution is 2.27. The van der Waals surface area contributed by atoms with Gasteiger partial charge in [0.05, 0.1) is 18.0 Å². The van der Waals surface area contributed by atoms with Crippen LogP contribution in [0.4, 0.5) is 4.79 Å². The molecule has 1 saturated heterocycles. The normalized spacial score (nSPS) is 20.8. The van der Waals surface area contributed by atoms with Crippen LogP contribution in [-0.2, 0) is 16.4 Å². The van der Waals surface area contributed by atoms with Gasteiger partial charge < -0.3 is 10.0 Å². The summed E-state index contributed by atoms with van der Waals surface area (Å²) in [6.45, 7) is 0.308. The van der Waals surface area contributed by atoms with Crippen molar-refractivity contribution in [1.29, 1.82) is 0 Å². The number of hydrogen-bond acceptors (Lipinski definition) is 5. The Bertz CT molecular complexity index is 851. The Labute approximate surface area is 150 Å². The lowest BCUT2D eigenvalue weighted by molar-refractivity contribution is 0.137. The summed E-state index contributed by atoms with van der Waals surface area (Å²) in [6, 6.07) is 8.84. The zero-order chi connectivity index (χ0) is 18.0. The monoisotopic (exact) mass is 381 g/mol. The van der Waals surface area contributed by atoms with Crippen molar-refractivity contribution in [1.82, 2.24) is 14.6 Å². The number of rotatable bonds is 5. The van der Waals surface area contributed by atoms with Gasteiger partial charge in [0.15, 0.2) is 0 Å². The second-order valence-electron chi connectivity index (χ2n) is 6.04. The van der Waals surface area contributed by atoms with E-state index >= 15 is 0 Å². The Balaban J connectivity index is 1.80. The number of aromatic nitrogens is 1. The van der Waals surface area contributed by atoms with Gasteiger partial charge in [-0.15, -0.1) is 11.3 Å². The fourth-order valence-electron chi connectivity index (χ4n) is 3.08. The average Bonchev–Trinajstić information content (AvgIpc) is 3.15. The topological polar surface area (TPSA) is 99.6 Å². The summed E-state index contributed by atoms with van der Waals surface area (Å²) in [4.78, 5) is 17.4. The first kappa shape index (κ1) is 17.8. The first-order chi connectivity index (χ1) is 11.8. The SMILES string of the molecule is CS(=O)(=O)N[C@H]1CCN(C(=O)O)[C@H]1Cc1csc(-c2ccccc2)n1. The van der Waals surface area contributed by atoms with Gasteiger partial charge in [0.25, 0.3) is 0 Å². The summed E-state index contributed by atoms with van der Waals surface area (Å²) in [5.74, 6) is 0. The summed E-state index contributed by atoms with van der Waals surface area (Å²) in [7, 11) is -3.41. The fourth-order valence-corrected chi connectivity index (χ4v) is 4.75. The molecule has 2 aromatic rings. The van der Waals surface area contributed by atoms with Gasteiger partial charge >= 0.3 is 6.09 Å². The smallest absolute Gasteiger partial charge is 0.407 e. The Morgan fingerprint density at radius 2 is 2.12 bits per heavy atom. The second kappa shape index (κ2) is 7.11. The van der Waals surface area contributed by atoms with Crippen molar-refractivity contribution < 1.29 is 18.3 Å². The number of benzene rings is 1. The first-order valence-corrected chi connectivity index (χ1v) is 10.6. The minimum absolute atomic E-state index is 0.308. The molecule has 0 saturated carbocycles. The lowest BCUT2D eigenvalue weighted by atomic mass is 10.1. The van der Waals surface area contributed by atoms with Crippen LogP contribution in [-0.4, -0.2) is 54.4 Å². The van der Waals surface area contributed by atoms with Crippen LogP contribution >= 0.6 is 11.3 Å². The number of nitrogens with one attached hydrogen (secondary N) is 1. The predicted molar refractivity (Wildman–Crippen MR) is 96.2 cm³/mol. The number of thiazole rings is 1. The van der Waals surface area contributed by atoms with Crippen LogP contribution in [0, 0.1) is 0 Å². The van der Waals surface area contributed by atoms with Gasteiger partial charge in [-0.25, -0.2) is 22.9 Å². The van der Waals surface area contributed by atoms with Crippen molar-refractivity contribution in [3.05, 3.63) is 41.4 Å². The van der Waals surface area contributed by atoms with Gasteiger partial charge in [-0.05, 0) is 6.42 Å². The molecule has 3 rings (SSSR count). The van der Waals surface area contributed by atoms with E-state index in [-0.39, 0.29) is 0 Å². The molecule has 7 nitrogen and oxygen atoms in total. The van der Waals surface area contributed by atoms with Crippen LogP contribution in [0.2, 0.25) is 0 Å². The highest BCUT2D eigenvalue weighted by atomic mass is 32.2. The van der Waals surface area contributed by atoms with Crippen LogP contribution in [0.15, 0.2) is 35.7 Å². The number of nitrogens with zero attached hydrogens (tertiary/aromatic N) is 2. The lowest BCUT2D eigenvalue weighted by Gasteiger charge is -2.25. The third kappa shape index (κ3) is 4.36. The van der Waals surface area contributed by atoms with E-state index in [1.807, 2.05) is 35.7 Å². The highest BCUT2D eigenvalue weighted by molar-refractivity contribution is 7.88. The van der Waals surface area contributed by atoms with Gasteiger partial charge in [0.2, 0.25) is 10.0 Å². The van der Waals surface area contributed by atoms with Crippen molar-refractivity contribution >= 4 is 27.5 Å². The minimum Gasteiger partial charge on any atom is -0.465 e. The molecule has 9 heteroatoms. The predicted octanol–water partition coefficient (Wildman–Crippen LogP) is 2.02. The molecule has 0 bridgehead atoms. The number of sulfonamides is 1. The molecule has 1 aliphatic heterocycles. The van der Waals surface area contributed by atoms with Crippen LogP contribution in [0.5, 0.6) is 0 Å². The summed E-state index contributed by atoms with van der Waals surface area (Å²) < 4.78 is 25.7. The highest BCUT2D eigenvalue weighted by Gasteiger charge is 2.38. The van der Waals surface area contributed by atoms with E-state index in [1.165, 1.54) is 16.2 Å². The third-order valence-corrected chi connectivity index (χ3v) is 5.82. The zero-order valence-electron chi connectivity index (χ0n) is 13.6. The van der Waals surface area contributed by atoms with Gasteiger partial charge in [-0.2, -0.15) is 0 Å². The van der Waals surface area contributed by atoms with E-state index in [4.69, 9.17) is 0 Å². The van der Waals surface area contributed by atoms with Crippen LogP contribution < -0.4 is 4.72 Å². The molecule has 0 radical (unpaired) electrons. The molecule has 1 fully saturated rings.